The number of nitrogens with one attached hydrogen (secondary N) is 1. The lowest BCUT2D eigenvalue weighted by Gasteiger charge is -2.31. The Morgan fingerprint density at radius 2 is 1.95 bits per heavy atom. The summed E-state index contributed by atoms with van der Waals surface area (Å²) in [6, 6.07) is 10.3. The van der Waals surface area contributed by atoms with Crippen molar-refractivity contribution in [2.24, 2.45) is 11.7 Å². The average Bonchev–Trinajstić information content (AvgIpc) is 2.51. The van der Waals surface area contributed by atoms with Crippen molar-refractivity contribution >= 4 is 5.91 Å². The lowest BCUT2D eigenvalue weighted by Crippen LogP contribution is -2.42. The van der Waals surface area contributed by atoms with Crippen molar-refractivity contribution in [2.75, 3.05) is 32.7 Å². The summed E-state index contributed by atoms with van der Waals surface area (Å²) in [6.07, 6.45) is 4.37. The molecule has 1 aromatic carbocycles. The van der Waals surface area contributed by atoms with E-state index >= 15 is 0 Å². The van der Waals surface area contributed by atoms with Gasteiger partial charge in [-0.2, -0.15) is 0 Å². The first kappa shape index (κ1) is 16.0. The number of nitrogens with zero attached hydrogens (tertiary/aromatic N) is 1. The highest BCUT2D eigenvalue weighted by Gasteiger charge is 2.19. The molecule has 0 spiro atoms. The molecule has 0 aliphatic carbocycles. The lowest BCUT2D eigenvalue weighted by molar-refractivity contribution is -0.122. The Hall–Kier alpha value is -1.39. The molecule has 4 nitrogen and oxygen atoms in total. The van der Waals surface area contributed by atoms with Gasteiger partial charge in [0.2, 0.25) is 5.91 Å². The highest BCUT2D eigenvalue weighted by atomic mass is 16.2. The Kier molecular flexibility index (Phi) is 6.70. The summed E-state index contributed by atoms with van der Waals surface area (Å²) in [5.41, 5.74) is 6.86. The quantitative estimate of drug-likeness (QED) is 0.798. The van der Waals surface area contributed by atoms with E-state index in [1.807, 2.05) is 18.2 Å². The Morgan fingerprint density at radius 3 is 2.62 bits per heavy atom. The smallest absolute Gasteiger partial charge is 0.234 e. The molecule has 1 fully saturated rings. The van der Waals surface area contributed by atoms with E-state index in [9.17, 15) is 4.79 Å². The van der Waals surface area contributed by atoms with Crippen LogP contribution in [0.2, 0.25) is 0 Å². The van der Waals surface area contributed by atoms with E-state index in [1.54, 1.807) is 0 Å². The van der Waals surface area contributed by atoms with E-state index in [2.05, 4.69) is 22.3 Å². The molecule has 0 aromatic heterocycles. The average molecular weight is 289 g/mol. The van der Waals surface area contributed by atoms with Gasteiger partial charge in [0.25, 0.3) is 0 Å². The normalized spacial score (nSPS) is 16.8. The van der Waals surface area contributed by atoms with E-state index < -0.39 is 0 Å². The van der Waals surface area contributed by atoms with Gasteiger partial charge >= 0.3 is 0 Å². The zero-order valence-electron chi connectivity index (χ0n) is 12.8. The molecular weight excluding hydrogens is 262 g/mol. The summed E-state index contributed by atoms with van der Waals surface area (Å²) in [7, 11) is 0. The first-order valence-electron chi connectivity index (χ1n) is 8.01. The summed E-state index contributed by atoms with van der Waals surface area (Å²) >= 11 is 0. The molecule has 0 saturated carbocycles. The Morgan fingerprint density at radius 1 is 1.24 bits per heavy atom. The van der Waals surface area contributed by atoms with Gasteiger partial charge in [-0.15, -0.1) is 0 Å². The van der Waals surface area contributed by atoms with Gasteiger partial charge in [0.05, 0.1) is 6.54 Å². The summed E-state index contributed by atoms with van der Waals surface area (Å²) < 4.78 is 0. The van der Waals surface area contributed by atoms with Gasteiger partial charge in [0.1, 0.15) is 0 Å². The van der Waals surface area contributed by atoms with Crippen LogP contribution in [0.1, 0.15) is 24.8 Å². The maximum atomic E-state index is 11.9. The topological polar surface area (TPSA) is 58.4 Å². The van der Waals surface area contributed by atoms with Crippen LogP contribution in [0.4, 0.5) is 0 Å². The van der Waals surface area contributed by atoms with Crippen molar-refractivity contribution in [3.05, 3.63) is 35.9 Å². The van der Waals surface area contributed by atoms with Crippen LogP contribution in [0.5, 0.6) is 0 Å². The molecule has 116 valence electrons. The number of hydrogen-bond donors (Lipinski definition) is 2. The Labute approximate surface area is 127 Å². The van der Waals surface area contributed by atoms with Crippen molar-refractivity contribution in [2.45, 2.75) is 25.7 Å². The van der Waals surface area contributed by atoms with Gasteiger partial charge in [-0.05, 0) is 56.8 Å². The fourth-order valence-corrected chi connectivity index (χ4v) is 2.92. The number of piperidine rings is 1. The SMILES string of the molecule is NCCC1CCN(CC(=O)NCCc2ccccc2)CC1. The molecule has 1 saturated heterocycles. The fraction of sp³-hybridized carbons (Fsp3) is 0.588. The van der Waals surface area contributed by atoms with Crippen LogP contribution < -0.4 is 11.1 Å². The first-order chi connectivity index (χ1) is 10.3. The molecule has 0 radical (unpaired) electrons. The third kappa shape index (κ3) is 5.86. The minimum absolute atomic E-state index is 0.142. The highest BCUT2D eigenvalue weighted by molar-refractivity contribution is 5.78. The molecular formula is C17H27N3O. The van der Waals surface area contributed by atoms with Gasteiger partial charge in [-0.1, -0.05) is 30.3 Å². The highest BCUT2D eigenvalue weighted by Crippen LogP contribution is 2.19. The number of hydrogen-bond acceptors (Lipinski definition) is 3. The molecule has 1 amide bonds. The number of benzene rings is 1. The number of likely N-dealkylation sites (tertiary alicyclic amines) is 1. The number of nitrogens with two attached hydrogens (primary N) is 1. The summed E-state index contributed by atoms with van der Waals surface area (Å²) in [6.45, 7) is 4.08. The molecule has 0 unspecified atom stereocenters. The molecule has 3 N–H and O–H groups in total. The van der Waals surface area contributed by atoms with Crippen molar-refractivity contribution < 1.29 is 4.79 Å². The molecule has 4 heteroatoms. The Balaban J connectivity index is 1.60. The third-order valence-electron chi connectivity index (χ3n) is 4.23. The molecule has 1 aromatic rings. The number of carbonyl (C=O) groups excluding carboxylic acids is 1. The fourth-order valence-electron chi connectivity index (χ4n) is 2.92. The van der Waals surface area contributed by atoms with Gasteiger partial charge in [0.15, 0.2) is 0 Å². The van der Waals surface area contributed by atoms with Crippen molar-refractivity contribution in [1.29, 1.82) is 0 Å². The molecule has 1 aliphatic heterocycles. The second-order valence-corrected chi connectivity index (χ2v) is 5.88. The molecule has 2 rings (SSSR count). The van der Waals surface area contributed by atoms with E-state index in [0.717, 1.165) is 38.4 Å². The van der Waals surface area contributed by atoms with Crippen LogP contribution >= 0.6 is 0 Å². The van der Waals surface area contributed by atoms with Crippen LogP contribution in [0.3, 0.4) is 0 Å². The zero-order valence-corrected chi connectivity index (χ0v) is 12.8. The number of amides is 1. The van der Waals surface area contributed by atoms with Crippen LogP contribution in [0.25, 0.3) is 0 Å². The van der Waals surface area contributed by atoms with Crippen LogP contribution in [-0.4, -0.2) is 43.5 Å². The van der Waals surface area contributed by atoms with E-state index in [1.165, 1.54) is 18.4 Å². The summed E-state index contributed by atoms with van der Waals surface area (Å²) in [5.74, 6) is 0.899. The molecule has 1 heterocycles. The maximum Gasteiger partial charge on any atom is 0.234 e. The van der Waals surface area contributed by atoms with Crippen molar-refractivity contribution in [1.82, 2.24) is 10.2 Å². The van der Waals surface area contributed by atoms with Gasteiger partial charge < -0.3 is 11.1 Å². The third-order valence-corrected chi connectivity index (χ3v) is 4.23. The van der Waals surface area contributed by atoms with Gasteiger partial charge in [0, 0.05) is 6.54 Å². The first-order valence-corrected chi connectivity index (χ1v) is 8.01. The monoisotopic (exact) mass is 289 g/mol. The minimum atomic E-state index is 0.142. The Bertz CT molecular complexity index is 413. The van der Waals surface area contributed by atoms with Crippen molar-refractivity contribution in [3.63, 3.8) is 0 Å². The number of carbonyl (C=O) groups is 1. The zero-order chi connectivity index (χ0) is 14.9. The largest absolute Gasteiger partial charge is 0.355 e. The van der Waals surface area contributed by atoms with Crippen molar-refractivity contribution in [3.8, 4) is 0 Å². The maximum absolute atomic E-state index is 11.9. The number of rotatable bonds is 7. The van der Waals surface area contributed by atoms with Crippen LogP contribution in [-0.2, 0) is 11.2 Å². The molecule has 21 heavy (non-hydrogen) atoms. The summed E-state index contributed by atoms with van der Waals surface area (Å²) in [5, 5.41) is 3.01. The predicted octanol–water partition coefficient (Wildman–Crippen LogP) is 1.41. The standard InChI is InChI=1S/C17H27N3O/c18-10-6-16-8-12-20(13-9-16)14-17(21)19-11-7-15-4-2-1-3-5-15/h1-5,16H,6-14,18H2,(H,19,21). The molecule has 0 bridgehead atoms. The molecule has 0 atom stereocenters. The van der Waals surface area contributed by atoms with Crippen LogP contribution in [0.15, 0.2) is 30.3 Å². The second-order valence-electron chi connectivity index (χ2n) is 5.88. The van der Waals surface area contributed by atoms with E-state index in [-0.39, 0.29) is 5.91 Å². The van der Waals surface area contributed by atoms with E-state index in [4.69, 9.17) is 5.73 Å². The van der Waals surface area contributed by atoms with E-state index in [0.29, 0.717) is 13.1 Å². The van der Waals surface area contributed by atoms with Gasteiger partial charge in [-0.25, -0.2) is 0 Å². The predicted molar refractivity (Wildman–Crippen MR) is 86.0 cm³/mol. The molecule has 1 aliphatic rings. The second kappa shape index (κ2) is 8.80. The van der Waals surface area contributed by atoms with Gasteiger partial charge in [-0.3, -0.25) is 9.69 Å². The minimum Gasteiger partial charge on any atom is -0.355 e. The summed E-state index contributed by atoms with van der Waals surface area (Å²) in [4.78, 5) is 14.2. The van der Waals surface area contributed by atoms with Crippen LogP contribution in [0, 0.1) is 5.92 Å². The lowest BCUT2D eigenvalue weighted by atomic mass is 9.94.